The van der Waals surface area contributed by atoms with Gasteiger partial charge in [0.25, 0.3) is 0 Å². The standard InChI is InChI=1S/C17H20N4S/c1-20(2)16-9-7-6-8-14(16)15(13(11-18)12-19)10-17(22-5)21(3)4/h6-10H,1-5H3/b17-10+. The van der Waals surface area contributed by atoms with Crippen LogP contribution >= 0.6 is 11.8 Å². The first kappa shape index (κ1) is 17.7. The fraction of sp³-hybridized carbons (Fsp3) is 0.294. The summed E-state index contributed by atoms with van der Waals surface area (Å²) in [5, 5.41) is 19.6. The number of hydrogen-bond acceptors (Lipinski definition) is 5. The van der Waals surface area contributed by atoms with E-state index >= 15 is 0 Å². The van der Waals surface area contributed by atoms with Crippen molar-refractivity contribution >= 4 is 23.0 Å². The molecule has 0 fully saturated rings. The second-order valence-corrected chi connectivity index (χ2v) is 5.83. The van der Waals surface area contributed by atoms with Crippen molar-refractivity contribution in [3.8, 4) is 12.1 Å². The largest absolute Gasteiger partial charge is 0.377 e. The molecular formula is C17H20N4S. The molecule has 0 aliphatic heterocycles. The average molecular weight is 312 g/mol. The second-order valence-electron chi connectivity index (χ2n) is 5.00. The highest BCUT2D eigenvalue weighted by atomic mass is 32.2. The molecule has 0 aliphatic rings. The van der Waals surface area contributed by atoms with Crippen LogP contribution in [0.4, 0.5) is 5.69 Å². The maximum absolute atomic E-state index is 9.32. The van der Waals surface area contributed by atoms with Crippen LogP contribution < -0.4 is 4.90 Å². The molecule has 0 amide bonds. The molecule has 0 aliphatic carbocycles. The molecule has 0 atom stereocenters. The Morgan fingerprint density at radius 2 is 1.68 bits per heavy atom. The highest BCUT2D eigenvalue weighted by molar-refractivity contribution is 8.02. The zero-order valence-corrected chi connectivity index (χ0v) is 14.4. The van der Waals surface area contributed by atoms with Gasteiger partial charge < -0.3 is 9.80 Å². The molecule has 1 aromatic carbocycles. The van der Waals surface area contributed by atoms with E-state index in [1.807, 2.05) is 86.7 Å². The number of rotatable bonds is 5. The molecule has 0 N–H and O–H groups in total. The van der Waals surface area contributed by atoms with Gasteiger partial charge in [0, 0.05) is 45.0 Å². The van der Waals surface area contributed by atoms with Gasteiger partial charge >= 0.3 is 0 Å². The van der Waals surface area contributed by atoms with Gasteiger partial charge in [0.2, 0.25) is 0 Å². The van der Waals surface area contributed by atoms with Crippen molar-refractivity contribution < 1.29 is 0 Å². The van der Waals surface area contributed by atoms with Gasteiger partial charge in [-0.2, -0.15) is 10.5 Å². The van der Waals surface area contributed by atoms with Gasteiger partial charge in [-0.3, -0.25) is 0 Å². The minimum absolute atomic E-state index is 0.114. The lowest BCUT2D eigenvalue weighted by atomic mass is 9.98. The molecule has 0 aromatic heterocycles. The van der Waals surface area contributed by atoms with Crippen LogP contribution in [-0.4, -0.2) is 39.3 Å². The van der Waals surface area contributed by atoms with Gasteiger partial charge in [0.05, 0.1) is 5.03 Å². The van der Waals surface area contributed by atoms with E-state index in [4.69, 9.17) is 0 Å². The summed E-state index contributed by atoms with van der Waals surface area (Å²) in [4.78, 5) is 3.94. The first-order valence-corrected chi connectivity index (χ1v) is 7.93. The van der Waals surface area contributed by atoms with E-state index in [1.165, 1.54) is 0 Å². The maximum Gasteiger partial charge on any atom is 0.137 e. The average Bonchev–Trinajstić information content (AvgIpc) is 2.51. The van der Waals surface area contributed by atoms with E-state index in [0.717, 1.165) is 16.3 Å². The molecule has 1 rings (SSSR count). The summed E-state index contributed by atoms with van der Waals surface area (Å²) in [6.45, 7) is 0. The Hall–Kier alpha value is -2.37. The van der Waals surface area contributed by atoms with Gasteiger partial charge in [0.1, 0.15) is 17.7 Å². The first-order valence-electron chi connectivity index (χ1n) is 6.70. The smallest absolute Gasteiger partial charge is 0.137 e. The van der Waals surface area contributed by atoms with Crippen LogP contribution in [-0.2, 0) is 0 Å². The van der Waals surface area contributed by atoms with E-state index < -0.39 is 0 Å². The lowest BCUT2D eigenvalue weighted by Crippen LogP contribution is -2.12. The molecular weight excluding hydrogens is 292 g/mol. The van der Waals surface area contributed by atoms with Crippen molar-refractivity contribution in [2.75, 3.05) is 39.3 Å². The molecule has 1 aromatic rings. The molecule has 22 heavy (non-hydrogen) atoms. The fourth-order valence-electron chi connectivity index (χ4n) is 2.02. The summed E-state index contributed by atoms with van der Waals surface area (Å²) in [5.41, 5.74) is 2.60. The fourth-order valence-corrected chi connectivity index (χ4v) is 2.62. The molecule has 5 heteroatoms. The Kier molecular flexibility index (Phi) is 6.56. The quantitative estimate of drug-likeness (QED) is 0.616. The number of hydrogen-bond donors (Lipinski definition) is 0. The van der Waals surface area contributed by atoms with E-state index in [2.05, 4.69) is 0 Å². The number of nitrogens with zero attached hydrogens (tertiary/aromatic N) is 4. The van der Waals surface area contributed by atoms with Gasteiger partial charge in [-0.1, -0.05) is 18.2 Å². The summed E-state index contributed by atoms with van der Waals surface area (Å²) >= 11 is 1.57. The van der Waals surface area contributed by atoms with Gasteiger partial charge in [-0.05, 0) is 18.4 Å². The molecule has 0 spiro atoms. The van der Waals surface area contributed by atoms with Gasteiger partial charge in [-0.15, -0.1) is 11.8 Å². The lowest BCUT2D eigenvalue weighted by molar-refractivity contribution is 0.551. The van der Waals surface area contributed by atoms with Crippen LogP contribution in [0.2, 0.25) is 0 Å². The Labute approximate surface area is 136 Å². The number of para-hydroxylation sites is 1. The molecule has 0 radical (unpaired) electrons. The van der Waals surface area contributed by atoms with Crippen LogP contribution in [0.3, 0.4) is 0 Å². The Balaban J connectivity index is 3.67. The van der Waals surface area contributed by atoms with Crippen LogP contribution in [0.5, 0.6) is 0 Å². The molecule has 0 saturated carbocycles. The van der Waals surface area contributed by atoms with E-state index in [-0.39, 0.29) is 5.57 Å². The minimum Gasteiger partial charge on any atom is -0.377 e. The molecule has 0 heterocycles. The van der Waals surface area contributed by atoms with Gasteiger partial charge in [0.15, 0.2) is 0 Å². The SMILES string of the molecule is CS/C(=C/C(=C(C#N)C#N)c1ccccc1N(C)C)N(C)C. The summed E-state index contributed by atoms with van der Waals surface area (Å²) in [5.74, 6) is 0. The van der Waals surface area contributed by atoms with E-state index in [1.54, 1.807) is 11.8 Å². The topological polar surface area (TPSA) is 54.1 Å². The number of thioether (sulfide) groups is 1. The van der Waals surface area contributed by atoms with Crippen molar-refractivity contribution in [3.05, 3.63) is 46.5 Å². The Morgan fingerprint density at radius 1 is 1.09 bits per heavy atom. The first-order chi connectivity index (χ1) is 10.5. The zero-order valence-electron chi connectivity index (χ0n) is 13.6. The second kappa shape index (κ2) is 8.17. The summed E-state index contributed by atoms with van der Waals surface area (Å²) in [6.07, 6.45) is 3.87. The van der Waals surface area contributed by atoms with Crippen molar-refractivity contribution in [1.29, 1.82) is 10.5 Å². The van der Waals surface area contributed by atoms with Crippen molar-refractivity contribution in [2.45, 2.75) is 0 Å². The predicted octanol–water partition coefficient (Wildman–Crippen LogP) is 3.32. The molecule has 0 bridgehead atoms. The van der Waals surface area contributed by atoms with Crippen LogP contribution in [0, 0.1) is 22.7 Å². The lowest BCUT2D eigenvalue weighted by Gasteiger charge is -2.20. The third kappa shape index (κ3) is 4.07. The highest BCUT2D eigenvalue weighted by Crippen LogP contribution is 2.31. The molecule has 114 valence electrons. The van der Waals surface area contributed by atoms with Crippen LogP contribution in [0.25, 0.3) is 5.57 Å². The van der Waals surface area contributed by atoms with Crippen molar-refractivity contribution in [1.82, 2.24) is 4.90 Å². The van der Waals surface area contributed by atoms with Crippen LogP contribution in [0.15, 0.2) is 40.9 Å². The Bertz CT molecular complexity index is 657. The predicted molar refractivity (Wildman–Crippen MR) is 94.2 cm³/mol. The van der Waals surface area contributed by atoms with Crippen LogP contribution in [0.1, 0.15) is 5.56 Å². The Morgan fingerprint density at radius 3 is 2.14 bits per heavy atom. The zero-order chi connectivity index (χ0) is 16.7. The number of allylic oxidation sites excluding steroid dienone is 3. The molecule has 0 unspecified atom stereocenters. The third-order valence-corrected chi connectivity index (χ3v) is 3.99. The minimum atomic E-state index is 0.114. The van der Waals surface area contributed by atoms with Gasteiger partial charge in [-0.25, -0.2) is 0 Å². The molecule has 4 nitrogen and oxygen atoms in total. The van der Waals surface area contributed by atoms with Crippen molar-refractivity contribution in [3.63, 3.8) is 0 Å². The van der Waals surface area contributed by atoms with E-state index in [0.29, 0.717) is 5.57 Å². The monoisotopic (exact) mass is 312 g/mol. The summed E-state index contributed by atoms with van der Waals surface area (Å²) in [6, 6.07) is 11.8. The number of nitriles is 2. The number of anilines is 1. The summed E-state index contributed by atoms with van der Waals surface area (Å²) < 4.78 is 0. The van der Waals surface area contributed by atoms with E-state index in [9.17, 15) is 10.5 Å². The summed E-state index contributed by atoms with van der Waals surface area (Å²) in [7, 11) is 7.77. The normalized spacial score (nSPS) is 10.4. The molecule has 0 saturated heterocycles. The highest BCUT2D eigenvalue weighted by Gasteiger charge is 2.14. The number of benzene rings is 1. The maximum atomic E-state index is 9.32. The third-order valence-electron chi connectivity index (χ3n) is 3.09. The van der Waals surface area contributed by atoms with Crippen molar-refractivity contribution in [2.24, 2.45) is 0 Å².